The molecule has 0 aliphatic carbocycles. The minimum atomic E-state index is -0.533. The molecule has 20 heavy (non-hydrogen) atoms. The largest absolute Gasteiger partial charge is 0.444 e. The Labute approximate surface area is 117 Å². The van der Waals surface area contributed by atoms with E-state index in [1.54, 1.807) is 4.68 Å². The van der Waals surface area contributed by atoms with Gasteiger partial charge in [-0.3, -0.25) is 19.5 Å². The number of H-pyrrole nitrogens is 1. The monoisotopic (exact) mass is 282 g/mol. The van der Waals surface area contributed by atoms with E-state index in [1.165, 1.54) is 4.90 Å². The number of aromatic nitrogens is 2. The number of hydrogen-bond acceptors (Lipinski definition) is 4. The van der Waals surface area contributed by atoms with Crippen LogP contribution in [0.3, 0.4) is 0 Å². The predicted octanol–water partition coefficient (Wildman–Crippen LogP) is 0.776. The van der Waals surface area contributed by atoms with Gasteiger partial charge in [-0.05, 0) is 33.7 Å². The molecular weight excluding hydrogens is 260 g/mol. The van der Waals surface area contributed by atoms with E-state index in [0.717, 1.165) is 12.1 Å². The van der Waals surface area contributed by atoms with Crippen LogP contribution in [0.15, 0.2) is 4.79 Å². The van der Waals surface area contributed by atoms with Crippen LogP contribution in [0.25, 0.3) is 0 Å². The van der Waals surface area contributed by atoms with E-state index in [9.17, 15) is 9.59 Å². The van der Waals surface area contributed by atoms with E-state index in [1.807, 2.05) is 20.8 Å². The third-order valence-corrected chi connectivity index (χ3v) is 3.07. The summed E-state index contributed by atoms with van der Waals surface area (Å²) in [6, 6.07) is 0. The number of nitrogens with two attached hydrogens (primary N) is 1. The molecule has 7 nitrogen and oxygen atoms in total. The number of hydrogen-bond donors (Lipinski definition) is 2. The van der Waals surface area contributed by atoms with Gasteiger partial charge < -0.3 is 10.5 Å². The first-order valence-electron chi connectivity index (χ1n) is 6.80. The predicted molar refractivity (Wildman–Crippen MR) is 74.2 cm³/mol. The molecule has 1 aromatic heterocycles. The molecular formula is C13H22N4O3. The van der Waals surface area contributed by atoms with E-state index >= 15 is 0 Å². The van der Waals surface area contributed by atoms with Crippen LogP contribution in [-0.4, -0.2) is 32.9 Å². The molecule has 1 aromatic rings. The van der Waals surface area contributed by atoms with E-state index in [4.69, 9.17) is 10.5 Å². The topological polar surface area (TPSA) is 93.3 Å². The van der Waals surface area contributed by atoms with Gasteiger partial charge in [0.25, 0.3) is 5.56 Å². The first-order chi connectivity index (χ1) is 9.31. The van der Waals surface area contributed by atoms with Crippen molar-refractivity contribution in [2.75, 3.05) is 6.54 Å². The zero-order valence-corrected chi connectivity index (χ0v) is 12.2. The quantitative estimate of drug-likeness (QED) is 0.856. The van der Waals surface area contributed by atoms with Crippen molar-refractivity contribution in [1.29, 1.82) is 0 Å². The Bertz CT molecular complexity index is 553. The number of aryl methyl sites for hydroxylation is 1. The second kappa shape index (κ2) is 5.32. The van der Waals surface area contributed by atoms with Gasteiger partial charge in [0.1, 0.15) is 5.60 Å². The maximum Gasteiger partial charge on any atom is 0.410 e. The van der Waals surface area contributed by atoms with Gasteiger partial charge in [-0.15, -0.1) is 0 Å². The lowest BCUT2D eigenvalue weighted by molar-refractivity contribution is 0.0238. The number of aromatic amines is 1. The fourth-order valence-corrected chi connectivity index (χ4v) is 2.17. The minimum absolute atomic E-state index is 0.0699. The molecule has 112 valence electrons. The van der Waals surface area contributed by atoms with Crippen LogP contribution in [0.2, 0.25) is 0 Å². The molecule has 1 amide bonds. The summed E-state index contributed by atoms with van der Waals surface area (Å²) in [4.78, 5) is 25.6. The second-order valence-electron chi connectivity index (χ2n) is 6.00. The zero-order chi connectivity index (χ0) is 14.9. The number of carbonyl (C=O) groups is 1. The van der Waals surface area contributed by atoms with Gasteiger partial charge in [-0.1, -0.05) is 0 Å². The van der Waals surface area contributed by atoms with Crippen molar-refractivity contribution in [2.45, 2.75) is 52.4 Å². The second-order valence-corrected chi connectivity index (χ2v) is 6.00. The summed E-state index contributed by atoms with van der Waals surface area (Å²) in [6.07, 6.45) is 0.352. The third kappa shape index (κ3) is 3.04. The average Bonchev–Trinajstić information content (AvgIpc) is 2.85. The molecule has 0 radical (unpaired) electrons. The highest BCUT2D eigenvalue weighted by Gasteiger charge is 2.31. The van der Waals surface area contributed by atoms with E-state index in [-0.39, 0.29) is 5.56 Å². The van der Waals surface area contributed by atoms with Crippen LogP contribution in [-0.2, 0) is 24.4 Å². The Morgan fingerprint density at radius 2 is 2.10 bits per heavy atom. The van der Waals surface area contributed by atoms with Crippen molar-refractivity contribution in [3.05, 3.63) is 21.6 Å². The van der Waals surface area contributed by atoms with E-state index < -0.39 is 11.7 Å². The lowest BCUT2D eigenvalue weighted by atomic mass is 10.2. The molecule has 0 bridgehead atoms. The van der Waals surface area contributed by atoms with Crippen molar-refractivity contribution < 1.29 is 9.53 Å². The molecule has 1 aliphatic heterocycles. The summed E-state index contributed by atoms with van der Waals surface area (Å²) in [5.41, 5.74) is 6.27. The molecule has 2 rings (SSSR count). The van der Waals surface area contributed by atoms with Gasteiger partial charge >= 0.3 is 6.09 Å². The SMILES string of the molecule is CC(C)(C)OC(=O)N1Cc2[nH]n(CCCN)c(=O)c2C1. The highest BCUT2D eigenvalue weighted by Crippen LogP contribution is 2.21. The number of rotatable bonds is 3. The Morgan fingerprint density at radius 3 is 2.65 bits per heavy atom. The van der Waals surface area contributed by atoms with Gasteiger partial charge in [0.2, 0.25) is 0 Å². The lowest BCUT2D eigenvalue weighted by Gasteiger charge is -2.24. The van der Waals surface area contributed by atoms with Gasteiger partial charge in [-0.2, -0.15) is 0 Å². The van der Waals surface area contributed by atoms with Crippen molar-refractivity contribution in [3.63, 3.8) is 0 Å². The first kappa shape index (κ1) is 14.6. The molecule has 0 saturated heterocycles. The minimum Gasteiger partial charge on any atom is -0.444 e. The average molecular weight is 282 g/mol. The maximum atomic E-state index is 12.1. The summed E-state index contributed by atoms with van der Waals surface area (Å²) in [5, 5.41) is 3.04. The maximum absolute atomic E-state index is 12.1. The molecule has 2 heterocycles. The van der Waals surface area contributed by atoms with Crippen molar-refractivity contribution in [2.24, 2.45) is 5.73 Å². The number of fused-ring (bicyclic) bond motifs is 1. The summed E-state index contributed by atoms with van der Waals surface area (Å²) in [5.74, 6) is 0. The fourth-order valence-electron chi connectivity index (χ4n) is 2.17. The highest BCUT2D eigenvalue weighted by atomic mass is 16.6. The van der Waals surface area contributed by atoms with Gasteiger partial charge in [0.05, 0.1) is 24.3 Å². The summed E-state index contributed by atoms with van der Waals surface area (Å²) < 4.78 is 6.86. The van der Waals surface area contributed by atoms with Gasteiger partial charge in [0.15, 0.2) is 0 Å². The van der Waals surface area contributed by atoms with Crippen LogP contribution in [0.4, 0.5) is 4.79 Å². The molecule has 0 aromatic carbocycles. The summed E-state index contributed by atoms with van der Waals surface area (Å²) in [6.45, 7) is 7.26. The Morgan fingerprint density at radius 1 is 1.40 bits per heavy atom. The lowest BCUT2D eigenvalue weighted by Crippen LogP contribution is -2.34. The van der Waals surface area contributed by atoms with Gasteiger partial charge in [0, 0.05) is 6.54 Å². The van der Waals surface area contributed by atoms with Crippen molar-refractivity contribution >= 4 is 6.09 Å². The molecule has 0 unspecified atom stereocenters. The molecule has 0 spiro atoms. The van der Waals surface area contributed by atoms with Crippen molar-refractivity contribution in [1.82, 2.24) is 14.7 Å². The number of amides is 1. The molecule has 0 saturated carbocycles. The first-order valence-corrected chi connectivity index (χ1v) is 6.80. The number of nitrogens with one attached hydrogen (secondary N) is 1. The molecule has 1 aliphatic rings. The Kier molecular flexibility index (Phi) is 3.89. The number of ether oxygens (including phenoxy) is 1. The van der Waals surface area contributed by atoms with E-state index in [2.05, 4.69) is 5.10 Å². The fraction of sp³-hybridized carbons (Fsp3) is 0.692. The highest BCUT2D eigenvalue weighted by molar-refractivity contribution is 5.69. The van der Waals surface area contributed by atoms with Crippen LogP contribution in [0.1, 0.15) is 38.4 Å². The van der Waals surface area contributed by atoms with Gasteiger partial charge in [-0.25, -0.2) is 4.79 Å². The number of nitrogens with zero attached hydrogens (tertiary/aromatic N) is 2. The Balaban J connectivity index is 2.06. The van der Waals surface area contributed by atoms with E-state index in [0.29, 0.717) is 31.7 Å². The molecule has 7 heteroatoms. The van der Waals surface area contributed by atoms with Crippen LogP contribution < -0.4 is 11.3 Å². The number of carbonyl (C=O) groups excluding carboxylic acids is 1. The normalized spacial score (nSPS) is 14.5. The molecule has 0 atom stereocenters. The summed E-state index contributed by atoms with van der Waals surface area (Å²) in [7, 11) is 0. The third-order valence-electron chi connectivity index (χ3n) is 3.07. The van der Waals surface area contributed by atoms with Crippen LogP contribution >= 0.6 is 0 Å². The van der Waals surface area contributed by atoms with Crippen molar-refractivity contribution in [3.8, 4) is 0 Å². The Hall–Kier alpha value is -1.76. The molecule has 3 N–H and O–H groups in total. The zero-order valence-electron chi connectivity index (χ0n) is 12.2. The molecule has 0 fully saturated rings. The standard InChI is InChI=1S/C13H22N4O3/c1-13(2,3)20-12(19)16-7-9-10(8-16)15-17(11(9)18)6-4-5-14/h15H,4-8,14H2,1-3H3. The van der Waals surface area contributed by atoms with Crippen LogP contribution in [0.5, 0.6) is 0 Å². The van der Waals surface area contributed by atoms with Crippen LogP contribution in [0, 0.1) is 0 Å². The summed E-state index contributed by atoms with van der Waals surface area (Å²) >= 11 is 0. The smallest absolute Gasteiger partial charge is 0.410 e.